The molecule has 3 nitrogen and oxygen atoms in total. The van der Waals surface area contributed by atoms with Crippen molar-refractivity contribution in [1.29, 1.82) is 0 Å². The first-order valence-electron chi connectivity index (χ1n) is 3.62. The first kappa shape index (κ1) is 8.59. The Labute approximate surface area is 71.2 Å². The van der Waals surface area contributed by atoms with Gasteiger partial charge < -0.3 is 0 Å². The monoisotopic (exact) mass is 162 g/mol. The van der Waals surface area contributed by atoms with Crippen LogP contribution < -0.4 is 0 Å². The Kier molecular flexibility index (Phi) is 2.69. The summed E-state index contributed by atoms with van der Waals surface area (Å²) in [5.74, 6) is 0.0283. The van der Waals surface area contributed by atoms with E-state index in [1.165, 1.54) is 6.92 Å². The summed E-state index contributed by atoms with van der Waals surface area (Å²) >= 11 is 0. The lowest BCUT2D eigenvalue weighted by Gasteiger charge is -1.96. The second-order valence-corrected chi connectivity index (χ2v) is 2.48. The van der Waals surface area contributed by atoms with Crippen LogP contribution in [-0.2, 0) is 6.54 Å². The first-order chi connectivity index (χ1) is 5.74. The minimum atomic E-state index is 0.0283. The number of aliphatic imine (C=N–C) groups is 1. The van der Waals surface area contributed by atoms with Crippen LogP contribution in [0.25, 0.3) is 0 Å². The maximum atomic E-state index is 10.8. The fourth-order valence-electron chi connectivity index (χ4n) is 0.841. The van der Waals surface area contributed by atoms with E-state index in [4.69, 9.17) is 0 Å². The van der Waals surface area contributed by atoms with Gasteiger partial charge in [-0.3, -0.25) is 14.8 Å². The van der Waals surface area contributed by atoms with Crippen LogP contribution in [0.2, 0.25) is 0 Å². The third-order valence-corrected chi connectivity index (χ3v) is 1.51. The molecule has 0 aliphatic rings. The van der Waals surface area contributed by atoms with Crippen molar-refractivity contribution in [3.05, 3.63) is 29.6 Å². The van der Waals surface area contributed by atoms with E-state index in [9.17, 15) is 4.79 Å². The van der Waals surface area contributed by atoms with Crippen molar-refractivity contribution in [2.24, 2.45) is 4.99 Å². The van der Waals surface area contributed by atoms with E-state index in [0.29, 0.717) is 12.1 Å². The molecule has 0 amide bonds. The number of hydrogen-bond donors (Lipinski definition) is 0. The van der Waals surface area contributed by atoms with Crippen LogP contribution in [0.1, 0.15) is 23.0 Å². The summed E-state index contributed by atoms with van der Waals surface area (Å²) in [6.07, 6.45) is 1.56. The smallest absolute Gasteiger partial charge is 0.161 e. The van der Waals surface area contributed by atoms with Gasteiger partial charge in [0.15, 0.2) is 5.78 Å². The van der Waals surface area contributed by atoms with Gasteiger partial charge in [0, 0.05) is 11.8 Å². The van der Waals surface area contributed by atoms with Crippen LogP contribution in [0.15, 0.2) is 23.3 Å². The third-order valence-electron chi connectivity index (χ3n) is 1.51. The molecule has 0 aromatic carbocycles. The molecule has 1 rings (SSSR count). The maximum Gasteiger partial charge on any atom is 0.161 e. The topological polar surface area (TPSA) is 42.3 Å². The van der Waals surface area contributed by atoms with Crippen LogP contribution in [-0.4, -0.2) is 17.5 Å². The summed E-state index contributed by atoms with van der Waals surface area (Å²) in [5, 5.41) is 0. The Hall–Kier alpha value is -1.51. The molecule has 0 saturated carbocycles. The van der Waals surface area contributed by atoms with Crippen molar-refractivity contribution in [2.75, 3.05) is 0 Å². The molecule has 12 heavy (non-hydrogen) atoms. The van der Waals surface area contributed by atoms with E-state index in [0.717, 1.165) is 5.69 Å². The zero-order chi connectivity index (χ0) is 8.97. The van der Waals surface area contributed by atoms with E-state index in [-0.39, 0.29) is 5.78 Å². The minimum Gasteiger partial charge on any atom is -0.295 e. The number of Topliss-reactive ketones (excluding diaryl/α,β-unsaturated/α-hetero) is 1. The van der Waals surface area contributed by atoms with Gasteiger partial charge in [-0.25, -0.2) is 0 Å². The van der Waals surface area contributed by atoms with E-state index < -0.39 is 0 Å². The molecule has 0 N–H and O–H groups in total. The fraction of sp³-hybridized carbons (Fsp3) is 0.222. The van der Waals surface area contributed by atoms with Crippen LogP contribution in [0, 0.1) is 0 Å². The summed E-state index contributed by atoms with van der Waals surface area (Å²) in [7, 11) is 0. The molecule has 1 heterocycles. The highest BCUT2D eigenvalue weighted by Crippen LogP contribution is 2.01. The zero-order valence-electron chi connectivity index (χ0n) is 6.95. The number of hydrogen-bond acceptors (Lipinski definition) is 3. The molecule has 1 aromatic heterocycles. The Balaban J connectivity index is 2.85. The Morgan fingerprint density at radius 1 is 1.67 bits per heavy atom. The van der Waals surface area contributed by atoms with E-state index in [2.05, 4.69) is 16.7 Å². The lowest BCUT2D eigenvalue weighted by Crippen LogP contribution is -1.94. The van der Waals surface area contributed by atoms with E-state index in [1.54, 1.807) is 18.3 Å². The average Bonchev–Trinajstić information content (AvgIpc) is 2.06. The molecule has 0 aliphatic heterocycles. The quantitative estimate of drug-likeness (QED) is 0.499. The van der Waals surface area contributed by atoms with Gasteiger partial charge in [-0.05, 0) is 25.8 Å². The minimum absolute atomic E-state index is 0.0283. The standard InChI is InChI=1S/C9H10N2O/c1-7(12)8-3-4-9(6-10-2)11-5-8/h3-5H,2,6H2,1H3. The Morgan fingerprint density at radius 3 is 2.83 bits per heavy atom. The predicted molar refractivity (Wildman–Crippen MR) is 47.5 cm³/mol. The molecule has 0 fully saturated rings. The molecule has 0 saturated heterocycles. The van der Waals surface area contributed by atoms with Crippen molar-refractivity contribution in [1.82, 2.24) is 4.98 Å². The van der Waals surface area contributed by atoms with Crippen molar-refractivity contribution in [3.8, 4) is 0 Å². The second-order valence-electron chi connectivity index (χ2n) is 2.48. The van der Waals surface area contributed by atoms with Gasteiger partial charge in [-0.1, -0.05) is 0 Å². The number of carbonyl (C=O) groups excluding carboxylic acids is 1. The highest BCUT2D eigenvalue weighted by molar-refractivity contribution is 5.93. The number of carbonyl (C=O) groups is 1. The summed E-state index contributed by atoms with van der Waals surface area (Å²) in [6, 6.07) is 3.53. The maximum absolute atomic E-state index is 10.8. The van der Waals surface area contributed by atoms with Crippen LogP contribution >= 0.6 is 0 Å². The lowest BCUT2D eigenvalue weighted by molar-refractivity contribution is 0.101. The van der Waals surface area contributed by atoms with E-state index in [1.807, 2.05) is 0 Å². The summed E-state index contributed by atoms with van der Waals surface area (Å²) in [4.78, 5) is 18.6. The molecule has 0 unspecified atom stereocenters. The summed E-state index contributed by atoms with van der Waals surface area (Å²) < 4.78 is 0. The molecule has 0 aliphatic carbocycles. The van der Waals surface area contributed by atoms with Crippen molar-refractivity contribution in [2.45, 2.75) is 13.5 Å². The fourth-order valence-corrected chi connectivity index (χ4v) is 0.841. The van der Waals surface area contributed by atoms with Crippen LogP contribution in [0.3, 0.4) is 0 Å². The Morgan fingerprint density at radius 2 is 2.42 bits per heavy atom. The summed E-state index contributed by atoms with van der Waals surface area (Å²) in [5.41, 5.74) is 1.46. The predicted octanol–water partition coefficient (Wildman–Crippen LogP) is 1.48. The van der Waals surface area contributed by atoms with Crippen LogP contribution in [0.4, 0.5) is 0 Å². The normalized spacial score (nSPS) is 9.42. The Bertz CT molecular complexity index is 290. The average molecular weight is 162 g/mol. The van der Waals surface area contributed by atoms with Crippen molar-refractivity contribution < 1.29 is 4.79 Å². The van der Waals surface area contributed by atoms with Gasteiger partial charge in [0.2, 0.25) is 0 Å². The van der Waals surface area contributed by atoms with E-state index >= 15 is 0 Å². The lowest BCUT2D eigenvalue weighted by atomic mass is 10.2. The van der Waals surface area contributed by atoms with Gasteiger partial charge in [-0.2, -0.15) is 0 Å². The number of aromatic nitrogens is 1. The molecule has 0 bridgehead atoms. The summed E-state index contributed by atoms with van der Waals surface area (Å²) in [6.45, 7) is 5.37. The van der Waals surface area contributed by atoms with Crippen molar-refractivity contribution >= 4 is 12.5 Å². The number of nitrogens with zero attached hydrogens (tertiary/aromatic N) is 2. The largest absolute Gasteiger partial charge is 0.295 e. The molecule has 1 aromatic rings. The molecule has 62 valence electrons. The number of pyridine rings is 1. The highest BCUT2D eigenvalue weighted by atomic mass is 16.1. The number of rotatable bonds is 3. The molecule has 0 radical (unpaired) electrons. The highest BCUT2D eigenvalue weighted by Gasteiger charge is 1.98. The van der Waals surface area contributed by atoms with Crippen molar-refractivity contribution in [3.63, 3.8) is 0 Å². The molecule has 0 atom stereocenters. The first-order valence-corrected chi connectivity index (χ1v) is 3.62. The molecule has 0 spiro atoms. The van der Waals surface area contributed by atoms with Gasteiger partial charge >= 0.3 is 0 Å². The number of ketones is 1. The van der Waals surface area contributed by atoms with Gasteiger partial charge in [0.25, 0.3) is 0 Å². The SMILES string of the molecule is C=NCc1ccc(C(C)=O)cn1. The zero-order valence-corrected chi connectivity index (χ0v) is 6.95. The second kappa shape index (κ2) is 3.76. The van der Waals surface area contributed by atoms with Gasteiger partial charge in [0.1, 0.15) is 0 Å². The van der Waals surface area contributed by atoms with Crippen LogP contribution in [0.5, 0.6) is 0 Å². The van der Waals surface area contributed by atoms with Gasteiger partial charge in [0.05, 0.1) is 12.2 Å². The van der Waals surface area contributed by atoms with Gasteiger partial charge in [-0.15, -0.1) is 0 Å². The molecular weight excluding hydrogens is 152 g/mol. The molecule has 3 heteroatoms. The molecular formula is C9H10N2O. The third kappa shape index (κ3) is 1.99.